The van der Waals surface area contributed by atoms with E-state index >= 15 is 0 Å². The standard InChI is InChI=1S/C14H21FN4O4S/c1-24(22,23)19-10-3-4-11(15)12(7-10)18-13(20)17-9-14(21)5-2-6-16-8-14/h3-4,7,16,19,21H,2,5-6,8-9H2,1H3,(H2,17,18,20). The third-order valence-electron chi connectivity index (χ3n) is 3.55. The van der Waals surface area contributed by atoms with E-state index in [-0.39, 0.29) is 17.9 Å². The minimum absolute atomic E-state index is 0.0226. The van der Waals surface area contributed by atoms with Crippen LogP contribution in [0.25, 0.3) is 0 Å². The van der Waals surface area contributed by atoms with E-state index < -0.39 is 27.5 Å². The highest BCUT2D eigenvalue weighted by molar-refractivity contribution is 7.92. The molecule has 2 rings (SSSR count). The molecule has 8 nitrogen and oxygen atoms in total. The Morgan fingerprint density at radius 2 is 2.21 bits per heavy atom. The third-order valence-corrected chi connectivity index (χ3v) is 4.15. The van der Waals surface area contributed by atoms with Crippen LogP contribution in [0.2, 0.25) is 0 Å². The number of hydrogen-bond donors (Lipinski definition) is 5. The van der Waals surface area contributed by atoms with Crippen molar-refractivity contribution in [2.75, 3.05) is 35.9 Å². The Labute approximate surface area is 139 Å². The first kappa shape index (κ1) is 18.4. The number of amides is 2. The second-order valence-corrected chi connectivity index (χ2v) is 7.63. The summed E-state index contributed by atoms with van der Waals surface area (Å²) in [4.78, 5) is 11.9. The summed E-state index contributed by atoms with van der Waals surface area (Å²) in [5, 5.41) is 18.1. The molecule has 1 heterocycles. The fraction of sp³-hybridized carbons (Fsp3) is 0.500. The second-order valence-electron chi connectivity index (χ2n) is 5.88. The van der Waals surface area contributed by atoms with Crippen LogP contribution in [0, 0.1) is 5.82 Å². The van der Waals surface area contributed by atoms with Crippen molar-refractivity contribution in [2.45, 2.75) is 18.4 Å². The molecule has 1 aliphatic heterocycles. The molecular formula is C14H21FN4O4S. The fourth-order valence-electron chi connectivity index (χ4n) is 2.41. The Morgan fingerprint density at radius 3 is 2.83 bits per heavy atom. The maximum Gasteiger partial charge on any atom is 0.319 e. The molecule has 2 amide bonds. The van der Waals surface area contributed by atoms with Gasteiger partial charge in [0.25, 0.3) is 0 Å². The van der Waals surface area contributed by atoms with Crippen LogP contribution in [-0.4, -0.2) is 51.0 Å². The van der Waals surface area contributed by atoms with Crippen LogP contribution in [-0.2, 0) is 10.0 Å². The number of carbonyl (C=O) groups excluding carboxylic acids is 1. The molecule has 24 heavy (non-hydrogen) atoms. The number of rotatable bonds is 5. The van der Waals surface area contributed by atoms with E-state index in [1.54, 1.807) is 0 Å². The van der Waals surface area contributed by atoms with Crippen LogP contribution < -0.4 is 20.7 Å². The lowest BCUT2D eigenvalue weighted by Crippen LogP contribution is -2.53. The Bertz CT molecular complexity index is 705. The van der Waals surface area contributed by atoms with Crippen molar-refractivity contribution in [3.05, 3.63) is 24.0 Å². The molecule has 0 aliphatic carbocycles. The molecule has 1 atom stereocenters. The summed E-state index contributed by atoms with van der Waals surface area (Å²) in [6, 6.07) is 2.77. The van der Waals surface area contributed by atoms with Crippen molar-refractivity contribution in [3.63, 3.8) is 0 Å². The number of benzene rings is 1. The predicted octanol–water partition coefficient (Wildman–Crippen LogP) is 0.433. The maximum atomic E-state index is 13.8. The molecule has 1 aromatic carbocycles. The quantitative estimate of drug-likeness (QED) is 0.522. The first-order valence-electron chi connectivity index (χ1n) is 7.42. The van der Waals surface area contributed by atoms with Crippen molar-refractivity contribution < 1.29 is 22.7 Å². The fourth-order valence-corrected chi connectivity index (χ4v) is 2.97. The van der Waals surface area contributed by atoms with Gasteiger partial charge in [-0.3, -0.25) is 4.72 Å². The summed E-state index contributed by atoms with van der Waals surface area (Å²) in [5.41, 5.74) is -1.08. The summed E-state index contributed by atoms with van der Waals surface area (Å²) >= 11 is 0. The van der Waals surface area contributed by atoms with E-state index in [9.17, 15) is 22.7 Å². The van der Waals surface area contributed by atoms with E-state index in [1.165, 1.54) is 12.1 Å². The molecule has 0 saturated carbocycles. The van der Waals surface area contributed by atoms with Crippen molar-refractivity contribution in [1.29, 1.82) is 0 Å². The Balaban J connectivity index is 1.96. The summed E-state index contributed by atoms with van der Waals surface area (Å²) in [7, 11) is -3.51. The smallest absolute Gasteiger partial charge is 0.319 e. The average molecular weight is 360 g/mol. The first-order chi connectivity index (χ1) is 11.2. The van der Waals surface area contributed by atoms with Gasteiger partial charge in [0, 0.05) is 13.1 Å². The highest BCUT2D eigenvalue weighted by Crippen LogP contribution is 2.20. The number of β-amino-alcohol motifs (C(OH)–C–C–N with tert-alkyl or cyclic N) is 1. The number of halogens is 1. The minimum Gasteiger partial charge on any atom is -0.387 e. The maximum absolute atomic E-state index is 13.8. The molecule has 1 saturated heterocycles. The third kappa shape index (κ3) is 5.62. The van der Waals surface area contributed by atoms with Gasteiger partial charge in [-0.15, -0.1) is 0 Å². The molecule has 1 fully saturated rings. The lowest BCUT2D eigenvalue weighted by atomic mass is 9.94. The van der Waals surface area contributed by atoms with Crippen molar-refractivity contribution >= 4 is 27.4 Å². The SMILES string of the molecule is CS(=O)(=O)Nc1ccc(F)c(NC(=O)NCC2(O)CCCNC2)c1. The molecule has 1 aliphatic rings. The van der Waals surface area contributed by atoms with E-state index in [1.807, 2.05) is 0 Å². The minimum atomic E-state index is -3.51. The predicted molar refractivity (Wildman–Crippen MR) is 88.9 cm³/mol. The van der Waals surface area contributed by atoms with Gasteiger partial charge in [0.15, 0.2) is 0 Å². The van der Waals surface area contributed by atoms with Crippen LogP contribution >= 0.6 is 0 Å². The Morgan fingerprint density at radius 1 is 1.46 bits per heavy atom. The number of urea groups is 1. The molecule has 0 bridgehead atoms. The van der Waals surface area contributed by atoms with Crippen molar-refractivity contribution in [2.24, 2.45) is 0 Å². The molecule has 134 valence electrons. The van der Waals surface area contributed by atoms with E-state index in [4.69, 9.17) is 0 Å². The number of carbonyl (C=O) groups is 1. The Hall–Kier alpha value is -1.91. The van der Waals surface area contributed by atoms with Crippen LogP contribution in [0.4, 0.5) is 20.6 Å². The van der Waals surface area contributed by atoms with E-state index in [2.05, 4.69) is 20.7 Å². The highest BCUT2D eigenvalue weighted by atomic mass is 32.2. The van der Waals surface area contributed by atoms with Gasteiger partial charge in [-0.25, -0.2) is 17.6 Å². The topological polar surface area (TPSA) is 120 Å². The van der Waals surface area contributed by atoms with Crippen molar-refractivity contribution in [1.82, 2.24) is 10.6 Å². The molecule has 0 radical (unpaired) electrons. The molecule has 1 unspecified atom stereocenters. The summed E-state index contributed by atoms with van der Waals surface area (Å²) in [6.45, 7) is 1.21. The zero-order chi connectivity index (χ0) is 17.8. The van der Waals surface area contributed by atoms with Gasteiger partial charge in [0.2, 0.25) is 10.0 Å². The van der Waals surface area contributed by atoms with Crippen LogP contribution in [0.1, 0.15) is 12.8 Å². The van der Waals surface area contributed by atoms with Gasteiger partial charge in [-0.2, -0.15) is 0 Å². The summed E-state index contributed by atoms with van der Waals surface area (Å²) in [5.74, 6) is -0.706. The molecule has 0 aromatic heterocycles. The lowest BCUT2D eigenvalue weighted by Gasteiger charge is -2.32. The van der Waals surface area contributed by atoms with Gasteiger partial charge >= 0.3 is 6.03 Å². The number of aliphatic hydroxyl groups is 1. The Kier molecular flexibility index (Phi) is 5.62. The van der Waals surface area contributed by atoms with E-state index in [0.29, 0.717) is 13.0 Å². The normalized spacial score (nSPS) is 21.1. The zero-order valence-electron chi connectivity index (χ0n) is 13.2. The molecule has 1 aromatic rings. The summed E-state index contributed by atoms with van der Waals surface area (Å²) in [6.07, 6.45) is 2.32. The highest BCUT2D eigenvalue weighted by Gasteiger charge is 2.29. The zero-order valence-corrected chi connectivity index (χ0v) is 14.0. The number of hydrogen-bond acceptors (Lipinski definition) is 5. The van der Waals surface area contributed by atoms with Crippen LogP contribution in [0.3, 0.4) is 0 Å². The molecule has 10 heteroatoms. The summed E-state index contributed by atoms with van der Waals surface area (Å²) < 4.78 is 38.3. The number of sulfonamides is 1. The van der Waals surface area contributed by atoms with Crippen LogP contribution in [0.5, 0.6) is 0 Å². The number of piperidine rings is 1. The number of nitrogens with one attached hydrogen (secondary N) is 4. The van der Waals surface area contributed by atoms with Gasteiger partial charge in [0.05, 0.1) is 23.2 Å². The molecular weight excluding hydrogens is 339 g/mol. The number of anilines is 2. The lowest BCUT2D eigenvalue weighted by molar-refractivity contribution is 0.0198. The largest absolute Gasteiger partial charge is 0.387 e. The van der Waals surface area contributed by atoms with E-state index in [0.717, 1.165) is 25.3 Å². The first-order valence-corrected chi connectivity index (χ1v) is 9.31. The second kappa shape index (κ2) is 7.32. The van der Waals surface area contributed by atoms with Gasteiger partial charge < -0.3 is 21.1 Å². The monoisotopic (exact) mass is 360 g/mol. The van der Waals surface area contributed by atoms with Gasteiger partial charge in [-0.05, 0) is 37.6 Å². The van der Waals surface area contributed by atoms with Crippen LogP contribution in [0.15, 0.2) is 18.2 Å². The van der Waals surface area contributed by atoms with Gasteiger partial charge in [0.1, 0.15) is 5.82 Å². The molecule has 5 N–H and O–H groups in total. The van der Waals surface area contributed by atoms with Gasteiger partial charge in [-0.1, -0.05) is 0 Å². The average Bonchev–Trinajstić information content (AvgIpc) is 2.48. The van der Waals surface area contributed by atoms with Crippen molar-refractivity contribution in [3.8, 4) is 0 Å². The molecule has 0 spiro atoms.